The second kappa shape index (κ2) is 2.01. The van der Waals surface area contributed by atoms with E-state index in [1.165, 1.54) is 32.1 Å². The molecule has 0 aromatic carbocycles. The van der Waals surface area contributed by atoms with Crippen LogP contribution < -0.4 is 5.73 Å². The van der Waals surface area contributed by atoms with Crippen LogP contribution in [-0.4, -0.2) is 6.04 Å². The molecule has 0 spiro atoms. The summed E-state index contributed by atoms with van der Waals surface area (Å²) in [6.07, 6.45) is 7.36. The van der Waals surface area contributed by atoms with E-state index in [9.17, 15) is 0 Å². The molecule has 11 heavy (non-hydrogen) atoms. The zero-order valence-electron chi connectivity index (χ0n) is 7.00. The molecule has 3 aliphatic rings. The predicted octanol–water partition coefficient (Wildman–Crippen LogP) is 1.77. The number of hydrogen-bond acceptors (Lipinski definition) is 1. The third kappa shape index (κ3) is 0.703. The van der Waals surface area contributed by atoms with E-state index in [1.54, 1.807) is 0 Å². The van der Waals surface area contributed by atoms with Gasteiger partial charge in [-0.3, -0.25) is 0 Å². The lowest BCUT2D eigenvalue weighted by molar-refractivity contribution is 0.234. The number of hydrogen-bond donors (Lipinski definition) is 1. The molecule has 0 aromatic heterocycles. The Kier molecular flexibility index (Phi) is 1.18. The predicted molar refractivity (Wildman–Crippen MR) is 45.0 cm³/mol. The van der Waals surface area contributed by atoms with Gasteiger partial charge in [-0.25, -0.2) is 0 Å². The van der Waals surface area contributed by atoms with E-state index in [1.807, 2.05) is 0 Å². The first kappa shape index (κ1) is 6.47. The van der Waals surface area contributed by atoms with Crippen LogP contribution >= 0.6 is 0 Å². The van der Waals surface area contributed by atoms with Gasteiger partial charge in [0.25, 0.3) is 0 Å². The highest BCUT2D eigenvalue weighted by atomic mass is 14.7. The monoisotopic (exact) mass is 151 g/mol. The largest absolute Gasteiger partial charge is 0.327 e. The van der Waals surface area contributed by atoms with Crippen molar-refractivity contribution >= 4 is 0 Å². The van der Waals surface area contributed by atoms with Gasteiger partial charge in [-0.1, -0.05) is 6.42 Å². The Bertz CT molecular complexity index is 178. The van der Waals surface area contributed by atoms with Crippen LogP contribution in [0.5, 0.6) is 0 Å². The summed E-state index contributed by atoms with van der Waals surface area (Å²) in [6.45, 7) is 0. The maximum absolute atomic E-state index is 6.08. The Morgan fingerprint density at radius 1 is 0.909 bits per heavy atom. The van der Waals surface area contributed by atoms with Crippen LogP contribution in [-0.2, 0) is 0 Å². The topological polar surface area (TPSA) is 26.0 Å². The molecule has 0 amide bonds. The molecule has 0 aliphatic heterocycles. The minimum Gasteiger partial charge on any atom is -0.327 e. The first-order valence-corrected chi connectivity index (χ1v) is 5.12. The molecule has 3 fully saturated rings. The van der Waals surface area contributed by atoms with E-state index in [-0.39, 0.29) is 0 Å². The Morgan fingerprint density at radius 3 is 2.64 bits per heavy atom. The van der Waals surface area contributed by atoms with Crippen LogP contribution in [0.4, 0.5) is 0 Å². The van der Waals surface area contributed by atoms with E-state index >= 15 is 0 Å². The second-order valence-corrected chi connectivity index (χ2v) is 4.82. The average molecular weight is 151 g/mol. The van der Waals surface area contributed by atoms with Gasteiger partial charge in [0.2, 0.25) is 0 Å². The van der Waals surface area contributed by atoms with Crippen molar-refractivity contribution in [1.82, 2.24) is 0 Å². The molecule has 1 nitrogen and oxygen atoms in total. The highest BCUT2D eigenvalue weighted by Crippen LogP contribution is 2.58. The number of fused-ring (bicyclic) bond motifs is 5. The van der Waals surface area contributed by atoms with Crippen LogP contribution in [0.15, 0.2) is 0 Å². The molecule has 2 N–H and O–H groups in total. The Hall–Kier alpha value is -0.0400. The normalized spacial score (nSPS) is 60.3. The summed E-state index contributed by atoms with van der Waals surface area (Å²) in [6, 6.07) is 0.583. The third-order valence-corrected chi connectivity index (χ3v) is 4.48. The average Bonchev–Trinajstić information content (AvgIpc) is 2.52. The van der Waals surface area contributed by atoms with Gasteiger partial charge in [0.15, 0.2) is 0 Å². The molecule has 2 bridgehead atoms. The van der Waals surface area contributed by atoms with Gasteiger partial charge in [0.05, 0.1) is 0 Å². The maximum Gasteiger partial charge on any atom is 0.00727 e. The number of rotatable bonds is 0. The molecule has 0 aromatic rings. The second-order valence-electron chi connectivity index (χ2n) is 4.82. The zero-order valence-corrected chi connectivity index (χ0v) is 7.00. The summed E-state index contributed by atoms with van der Waals surface area (Å²) in [4.78, 5) is 0. The Morgan fingerprint density at radius 2 is 1.73 bits per heavy atom. The van der Waals surface area contributed by atoms with Crippen molar-refractivity contribution < 1.29 is 0 Å². The van der Waals surface area contributed by atoms with Gasteiger partial charge < -0.3 is 5.73 Å². The van der Waals surface area contributed by atoms with E-state index in [4.69, 9.17) is 5.73 Å². The van der Waals surface area contributed by atoms with Crippen LogP contribution in [0.25, 0.3) is 0 Å². The fraction of sp³-hybridized carbons (Fsp3) is 1.00. The molecule has 3 rings (SSSR count). The summed E-state index contributed by atoms with van der Waals surface area (Å²) < 4.78 is 0. The minimum atomic E-state index is 0.583. The Balaban J connectivity index is 1.90. The van der Waals surface area contributed by atoms with Crippen molar-refractivity contribution in [1.29, 1.82) is 0 Å². The van der Waals surface area contributed by atoms with Gasteiger partial charge in [-0.05, 0) is 49.4 Å². The zero-order chi connectivity index (χ0) is 7.42. The Labute approximate surface area is 68.3 Å². The van der Waals surface area contributed by atoms with Crippen molar-refractivity contribution in [3.63, 3.8) is 0 Å². The maximum atomic E-state index is 6.08. The lowest BCUT2D eigenvalue weighted by atomic mass is 9.79. The van der Waals surface area contributed by atoms with Gasteiger partial charge in [-0.2, -0.15) is 0 Å². The van der Waals surface area contributed by atoms with Crippen LogP contribution in [0.1, 0.15) is 32.1 Å². The van der Waals surface area contributed by atoms with Crippen LogP contribution in [0.3, 0.4) is 0 Å². The van der Waals surface area contributed by atoms with E-state index in [2.05, 4.69) is 0 Å². The lowest BCUT2D eigenvalue weighted by Crippen LogP contribution is -2.34. The standard InChI is InChI=1S/C10H17N/c11-10-5-6-4-9(10)8-3-1-2-7(6)8/h6-10H,1-5,11H2/t6-,7-,8-,9-,10+/m1/s1. The van der Waals surface area contributed by atoms with Gasteiger partial charge in [-0.15, -0.1) is 0 Å². The van der Waals surface area contributed by atoms with Gasteiger partial charge in [0, 0.05) is 6.04 Å². The summed E-state index contributed by atoms with van der Waals surface area (Å²) in [5.41, 5.74) is 6.08. The summed E-state index contributed by atoms with van der Waals surface area (Å²) in [7, 11) is 0. The van der Waals surface area contributed by atoms with Crippen molar-refractivity contribution in [3.05, 3.63) is 0 Å². The van der Waals surface area contributed by atoms with E-state index < -0.39 is 0 Å². The summed E-state index contributed by atoms with van der Waals surface area (Å²) in [5, 5.41) is 0. The molecule has 5 atom stereocenters. The van der Waals surface area contributed by atoms with Gasteiger partial charge in [0.1, 0.15) is 0 Å². The third-order valence-electron chi connectivity index (χ3n) is 4.48. The van der Waals surface area contributed by atoms with Crippen molar-refractivity contribution in [2.45, 2.75) is 38.1 Å². The molecule has 62 valence electrons. The van der Waals surface area contributed by atoms with Crippen molar-refractivity contribution in [2.75, 3.05) is 0 Å². The van der Waals surface area contributed by atoms with Crippen molar-refractivity contribution in [2.24, 2.45) is 29.4 Å². The first-order valence-electron chi connectivity index (χ1n) is 5.12. The van der Waals surface area contributed by atoms with Gasteiger partial charge >= 0.3 is 0 Å². The highest BCUT2D eigenvalue weighted by molar-refractivity contribution is 5.04. The summed E-state index contributed by atoms with van der Waals surface area (Å²) in [5.74, 6) is 4.15. The van der Waals surface area contributed by atoms with E-state index in [0.29, 0.717) is 6.04 Å². The van der Waals surface area contributed by atoms with Crippen LogP contribution in [0, 0.1) is 23.7 Å². The SMILES string of the molecule is N[C@H]1C[C@H]2C[C@@H]1[C@@H]1CCC[C@H]21. The molecule has 1 heteroatoms. The number of nitrogens with two attached hydrogens (primary N) is 1. The highest BCUT2D eigenvalue weighted by Gasteiger charge is 2.52. The molecule has 0 saturated heterocycles. The molecule has 3 aliphatic carbocycles. The first-order chi connectivity index (χ1) is 5.36. The fourth-order valence-corrected chi connectivity index (χ4v) is 4.12. The van der Waals surface area contributed by atoms with Crippen LogP contribution in [0.2, 0.25) is 0 Å². The van der Waals surface area contributed by atoms with Crippen molar-refractivity contribution in [3.8, 4) is 0 Å². The minimum absolute atomic E-state index is 0.583. The molecule has 0 heterocycles. The quantitative estimate of drug-likeness (QED) is 0.561. The lowest BCUT2D eigenvalue weighted by Gasteiger charge is -2.28. The molecule has 0 unspecified atom stereocenters. The molecule has 3 saturated carbocycles. The summed E-state index contributed by atoms with van der Waals surface area (Å²) >= 11 is 0. The molecule has 0 radical (unpaired) electrons. The van der Waals surface area contributed by atoms with E-state index in [0.717, 1.165) is 23.7 Å². The molecular formula is C10H17N. The molecular weight excluding hydrogens is 134 g/mol. The fourth-order valence-electron chi connectivity index (χ4n) is 4.12. The smallest absolute Gasteiger partial charge is 0.00727 e.